The molecule has 0 N–H and O–H groups in total. The van der Waals surface area contributed by atoms with Crippen molar-refractivity contribution >= 4 is 33.8 Å². The van der Waals surface area contributed by atoms with Crippen LogP contribution in [-0.2, 0) is 16.1 Å². The number of anilines is 1. The van der Waals surface area contributed by atoms with Gasteiger partial charge in [0.05, 0.1) is 47.5 Å². The third-order valence-electron chi connectivity index (χ3n) is 9.21. The lowest BCUT2D eigenvalue weighted by Gasteiger charge is -2.31. The van der Waals surface area contributed by atoms with Gasteiger partial charge in [-0.25, -0.2) is 28.4 Å². The minimum absolute atomic E-state index is 0.0416. The van der Waals surface area contributed by atoms with Crippen molar-refractivity contribution in [3.8, 4) is 22.7 Å². The number of aromatic nitrogens is 7. The fourth-order valence-electron chi connectivity index (χ4n) is 7.05. The molecule has 8 rings (SSSR count). The topological polar surface area (TPSA) is 116 Å². The molecule has 6 heterocycles. The Morgan fingerprint density at radius 1 is 1.04 bits per heavy atom. The molecule has 250 valence electrons. The molecule has 2 aromatic carbocycles. The van der Waals surface area contributed by atoms with Gasteiger partial charge in [0.1, 0.15) is 47.4 Å². The van der Waals surface area contributed by atoms with E-state index in [0.717, 1.165) is 40.2 Å². The number of aryl methyl sites for hydroxylation is 1. The molecule has 0 unspecified atom stereocenters. The molecular weight excluding hydrogens is 632 g/mol. The Kier molecular flexibility index (Phi) is 7.66. The summed E-state index contributed by atoms with van der Waals surface area (Å²) in [6.45, 7) is 5.52. The molecule has 1 fully saturated rings. The van der Waals surface area contributed by atoms with Gasteiger partial charge in [-0.3, -0.25) is 9.78 Å². The number of hydrogen-bond donors (Lipinski definition) is 0. The van der Waals surface area contributed by atoms with E-state index in [1.165, 1.54) is 23.3 Å². The molecule has 6 aromatic rings. The standard InChI is InChI=1S/C35H33F2N9O3/c1-4-48-24-16-43(3)35(47)31-14-23(49-22-10-11-38-29(13-22)25-6-5-7-28-32(25)44(18-24)20(2)42-28)17-45(31)33-26-15-41-46(34(26)40-19-39-33)30-9-8-21(36)12-27(30)37/h5-13,15,19,23-24,31H,4,14,16-18H2,1-3H3/t23-,24-,31-/m0/s1. The normalized spacial score (nSPS) is 19.7. The van der Waals surface area contributed by atoms with E-state index < -0.39 is 17.7 Å². The number of nitrogens with zero attached hydrogens (tertiary/aromatic N) is 9. The Labute approximate surface area is 279 Å². The van der Waals surface area contributed by atoms with Crippen LogP contribution in [0.2, 0.25) is 0 Å². The first-order valence-corrected chi connectivity index (χ1v) is 16.1. The van der Waals surface area contributed by atoms with E-state index in [4.69, 9.17) is 19.4 Å². The molecule has 1 saturated heterocycles. The van der Waals surface area contributed by atoms with Gasteiger partial charge in [0.15, 0.2) is 11.5 Å². The third kappa shape index (κ3) is 5.41. The summed E-state index contributed by atoms with van der Waals surface area (Å²) in [7, 11) is 1.78. The predicted octanol–water partition coefficient (Wildman–Crippen LogP) is 4.72. The molecule has 3 atom stereocenters. The number of hydrogen-bond acceptors (Lipinski definition) is 9. The monoisotopic (exact) mass is 665 g/mol. The number of carbonyl (C=O) groups is 1. The number of amides is 1. The molecule has 14 heteroatoms. The Morgan fingerprint density at radius 3 is 2.76 bits per heavy atom. The lowest BCUT2D eigenvalue weighted by Crippen LogP contribution is -2.47. The summed E-state index contributed by atoms with van der Waals surface area (Å²) in [5.41, 5.74) is 3.81. The number of carbonyl (C=O) groups excluding carboxylic acids is 1. The minimum Gasteiger partial charge on any atom is -0.488 e. The smallest absolute Gasteiger partial charge is 0.245 e. The van der Waals surface area contributed by atoms with E-state index in [1.54, 1.807) is 18.1 Å². The van der Waals surface area contributed by atoms with Crippen LogP contribution in [-0.4, -0.2) is 90.1 Å². The largest absolute Gasteiger partial charge is 0.488 e. The maximum Gasteiger partial charge on any atom is 0.245 e. The molecule has 0 radical (unpaired) electrons. The summed E-state index contributed by atoms with van der Waals surface area (Å²) in [6, 6.07) is 12.3. The zero-order chi connectivity index (χ0) is 33.8. The first-order chi connectivity index (χ1) is 23.8. The summed E-state index contributed by atoms with van der Waals surface area (Å²) in [4.78, 5) is 36.5. The first kappa shape index (κ1) is 30.8. The second-order valence-corrected chi connectivity index (χ2v) is 12.3. The van der Waals surface area contributed by atoms with Gasteiger partial charge in [-0.15, -0.1) is 0 Å². The SMILES string of the molecule is CCO[C@H]1CN(C)C(=O)[C@@H]2C[C@@H](CN2c2ncnc3c2cnn3-c2ccc(F)cc2F)Oc2ccnc(c2)-c2cccc3nc(C)n(c23)C1. The Bertz CT molecular complexity index is 2220. The van der Waals surface area contributed by atoms with Crippen molar-refractivity contribution in [2.24, 2.45) is 0 Å². The number of halogens is 2. The molecule has 1 amide bonds. The van der Waals surface area contributed by atoms with Crippen LogP contribution >= 0.6 is 0 Å². The highest BCUT2D eigenvalue weighted by molar-refractivity contribution is 5.93. The van der Waals surface area contributed by atoms with Crippen molar-refractivity contribution in [1.82, 2.24) is 39.2 Å². The zero-order valence-electron chi connectivity index (χ0n) is 27.1. The van der Waals surface area contributed by atoms with Crippen LogP contribution in [0.15, 0.2) is 67.3 Å². The summed E-state index contributed by atoms with van der Waals surface area (Å²) >= 11 is 0. The van der Waals surface area contributed by atoms with Crippen LogP contribution < -0.4 is 9.64 Å². The van der Waals surface area contributed by atoms with Gasteiger partial charge in [0.25, 0.3) is 0 Å². The summed E-state index contributed by atoms with van der Waals surface area (Å²) in [6.07, 6.45) is 4.27. The van der Waals surface area contributed by atoms with Crippen LogP contribution in [0.5, 0.6) is 5.75 Å². The van der Waals surface area contributed by atoms with E-state index in [9.17, 15) is 13.6 Å². The van der Waals surface area contributed by atoms with Crippen LogP contribution in [0.1, 0.15) is 19.2 Å². The van der Waals surface area contributed by atoms with E-state index in [2.05, 4.69) is 19.6 Å². The van der Waals surface area contributed by atoms with E-state index in [0.29, 0.717) is 55.3 Å². The van der Waals surface area contributed by atoms with Crippen LogP contribution in [0.25, 0.3) is 39.0 Å². The van der Waals surface area contributed by atoms with Gasteiger partial charge in [0.2, 0.25) is 5.91 Å². The van der Waals surface area contributed by atoms with Crippen molar-refractivity contribution in [2.75, 3.05) is 31.6 Å². The zero-order valence-corrected chi connectivity index (χ0v) is 27.1. The third-order valence-corrected chi connectivity index (χ3v) is 9.21. The van der Waals surface area contributed by atoms with E-state index in [-0.39, 0.29) is 23.8 Å². The molecule has 49 heavy (non-hydrogen) atoms. The van der Waals surface area contributed by atoms with Gasteiger partial charge in [0, 0.05) is 50.5 Å². The van der Waals surface area contributed by atoms with Crippen LogP contribution in [0, 0.1) is 18.6 Å². The van der Waals surface area contributed by atoms with Crippen LogP contribution in [0.4, 0.5) is 14.6 Å². The second-order valence-electron chi connectivity index (χ2n) is 12.3. The molecule has 0 aliphatic carbocycles. The van der Waals surface area contributed by atoms with Crippen molar-refractivity contribution in [1.29, 1.82) is 0 Å². The minimum atomic E-state index is -0.780. The average molecular weight is 666 g/mol. The summed E-state index contributed by atoms with van der Waals surface area (Å²) < 4.78 is 44.7. The van der Waals surface area contributed by atoms with Crippen molar-refractivity contribution < 1.29 is 23.0 Å². The number of likely N-dealkylation sites (N-methyl/N-ethyl adjacent to an activating group) is 1. The first-order valence-electron chi connectivity index (χ1n) is 16.1. The van der Waals surface area contributed by atoms with E-state index >= 15 is 0 Å². The molecule has 4 aromatic heterocycles. The predicted molar refractivity (Wildman–Crippen MR) is 177 cm³/mol. The fourth-order valence-corrected chi connectivity index (χ4v) is 7.05. The Morgan fingerprint density at radius 2 is 1.92 bits per heavy atom. The number of pyridine rings is 1. The highest BCUT2D eigenvalue weighted by Crippen LogP contribution is 2.35. The molecule has 4 bridgehead atoms. The highest BCUT2D eigenvalue weighted by atomic mass is 19.1. The molecule has 2 aliphatic heterocycles. The summed E-state index contributed by atoms with van der Waals surface area (Å²) in [5.74, 6) is 0.302. The maximum absolute atomic E-state index is 14.8. The van der Waals surface area contributed by atoms with E-state index in [1.807, 2.05) is 49.1 Å². The Balaban J connectivity index is 1.22. The molecule has 0 saturated carbocycles. The number of fused-ring (bicyclic) bond motifs is 6. The fraction of sp³-hybridized carbons (Fsp3) is 0.314. The number of rotatable bonds is 4. The quantitative estimate of drug-likeness (QED) is 0.264. The lowest BCUT2D eigenvalue weighted by molar-refractivity contribution is -0.133. The number of benzene rings is 2. The molecule has 2 aliphatic rings. The molecular formula is C35H33F2N9O3. The van der Waals surface area contributed by atoms with Crippen LogP contribution in [0.3, 0.4) is 0 Å². The van der Waals surface area contributed by atoms with Crippen molar-refractivity contribution in [3.63, 3.8) is 0 Å². The number of imidazole rings is 1. The van der Waals surface area contributed by atoms with Gasteiger partial charge in [-0.1, -0.05) is 12.1 Å². The maximum atomic E-state index is 14.8. The van der Waals surface area contributed by atoms with Crippen molar-refractivity contribution in [3.05, 3.63) is 84.7 Å². The number of ether oxygens (including phenoxy) is 2. The lowest BCUT2D eigenvalue weighted by atomic mass is 10.1. The highest BCUT2D eigenvalue weighted by Gasteiger charge is 2.41. The average Bonchev–Trinajstić information content (AvgIpc) is 3.79. The molecule has 0 spiro atoms. The Hall–Kier alpha value is -5.50. The van der Waals surface area contributed by atoms with Gasteiger partial charge >= 0.3 is 0 Å². The second kappa shape index (κ2) is 12.2. The number of para-hydroxylation sites is 1. The summed E-state index contributed by atoms with van der Waals surface area (Å²) in [5, 5.41) is 4.89. The van der Waals surface area contributed by atoms with Gasteiger partial charge < -0.3 is 23.8 Å². The van der Waals surface area contributed by atoms with Gasteiger partial charge in [-0.2, -0.15) is 5.10 Å². The molecule has 12 nitrogen and oxygen atoms in total. The van der Waals surface area contributed by atoms with Crippen molar-refractivity contribution in [2.45, 2.75) is 45.1 Å². The van der Waals surface area contributed by atoms with Gasteiger partial charge in [-0.05, 0) is 38.1 Å².